The molecule has 2 heterocycles. The predicted octanol–water partition coefficient (Wildman–Crippen LogP) is -0.136. The topological polar surface area (TPSA) is 165 Å². The molecule has 3 N–H and O–H groups in total. The Morgan fingerprint density at radius 1 is 1.34 bits per heavy atom. The van der Waals surface area contributed by atoms with Crippen LogP contribution in [-0.2, 0) is 15.5 Å². The molecule has 1 saturated heterocycles. The predicted molar refractivity (Wildman–Crippen MR) is 101 cm³/mol. The van der Waals surface area contributed by atoms with Gasteiger partial charge in [0.15, 0.2) is 0 Å². The molecule has 154 valence electrons. The van der Waals surface area contributed by atoms with Crippen molar-refractivity contribution in [1.82, 2.24) is 9.55 Å². The zero-order valence-electron chi connectivity index (χ0n) is 14.8. The molecule has 0 unspecified atom stereocenters. The molecule has 11 nitrogen and oxygen atoms in total. The van der Waals surface area contributed by atoms with E-state index in [9.17, 15) is 29.0 Å². The number of nitro benzene ring substituents is 1. The number of ether oxygens (including phenoxy) is 1. The molecule has 4 atom stereocenters. The number of aromatic nitrogens is 2. The first-order chi connectivity index (χ1) is 13.8. The fourth-order valence-corrected chi connectivity index (χ4v) is 3.63. The summed E-state index contributed by atoms with van der Waals surface area (Å²) in [5.74, 6) is 0. The van der Waals surface area contributed by atoms with Crippen molar-refractivity contribution >= 4 is 22.6 Å². The van der Waals surface area contributed by atoms with Crippen LogP contribution in [0, 0.1) is 10.1 Å². The number of aliphatic hydroxyl groups excluding tert-OH is 2. The average Bonchev–Trinajstić information content (AvgIpc) is 3.07. The summed E-state index contributed by atoms with van der Waals surface area (Å²) in [4.78, 5) is 36.6. The number of hydrogen-bond acceptors (Lipinski definition) is 8. The fraction of sp³-hybridized carbons (Fsp3) is 0.294. The van der Waals surface area contributed by atoms with E-state index in [1.54, 1.807) is 0 Å². The van der Waals surface area contributed by atoms with E-state index >= 15 is 0 Å². The van der Waals surface area contributed by atoms with Gasteiger partial charge in [-0.05, 0) is 18.2 Å². The lowest BCUT2D eigenvalue weighted by molar-refractivity contribution is -0.384. The van der Waals surface area contributed by atoms with Crippen LogP contribution in [0.2, 0.25) is 0 Å². The number of rotatable bonds is 6. The number of hydrogen-bond donors (Lipinski definition) is 3. The number of nitrogens with one attached hydrogen (secondary N) is 1. The maximum Gasteiger partial charge on any atom is 0.330 e. The van der Waals surface area contributed by atoms with Gasteiger partial charge in [-0.25, -0.2) is 9.00 Å². The van der Waals surface area contributed by atoms with Crippen LogP contribution in [0.1, 0.15) is 18.2 Å². The van der Waals surface area contributed by atoms with Crippen LogP contribution in [0.25, 0.3) is 6.08 Å². The summed E-state index contributed by atoms with van der Waals surface area (Å²) >= 11 is 0. The maximum absolute atomic E-state index is 12.3. The van der Waals surface area contributed by atoms with Gasteiger partial charge >= 0.3 is 5.69 Å². The first-order valence-electron chi connectivity index (χ1n) is 8.43. The number of H-pyrrole nitrogens is 1. The van der Waals surface area contributed by atoms with Gasteiger partial charge in [-0.15, -0.1) is 0 Å². The molecule has 2 aromatic rings. The van der Waals surface area contributed by atoms with Crippen LogP contribution in [-0.4, -0.2) is 47.7 Å². The lowest BCUT2D eigenvalue weighted by atomic mass is 10.2. The molecule has 1 fully saturated rings. The Bertz CT molecular complexity index is 1080. The van der Waals surface area contributed by atoms with Crippen molar-refractivity contribution in [3.8, 4) is 0 Å². The highest BCUT2D eigenvalue weighted by Gasteiger charge is 2.35. The minimum absolute atomic E-state index is 0.0189. The van der Waals surface area contributed by atoms with Crippen LogP contribution < -0.4 is 11.2 Å². The molecule has 0 saturated carbocycles. The molecule has 3 rings (SSSR count). The van der Waals surface area contributed by atoms with Crippen LogP contribution in [0.4, 0.5) is 5.69 Å². The standard InChI is InChI=1S/C17H17N3O8S/c21-9-14-13(22)7-15(28-14)19-8-10(16(23)18-17(19)24)5-6-29(27)12-3-1-11(2-4-12)20(25)26/h1-6,8,13-15,21-22H,7,9H2,(H,18,23,24)/b6-5+/t13-,14+,15+,29-/m0/s1. The van der Waals surface area contributed by atoms with Crippen LogP contribution in [0.3, 0.4) is 0 Å². The van der Waals surface area contributed by atoms with Gasteiger partial charge in [0.2, 0.25) is 0 Å². The van der Waals surface area contributed by atoms with E-state index in [0.717, 1.165) is 4.57 Å². The molecule has 0 aliphatic carbocycles. The van der Waals surface area contributed by atoms with E-state index in [1.165, 1.54) is 41.9 Å². The summed E-state index contributed by atoms with van der Waals surface area (Å²) in [5, 5.41) is 30.9. The van der Waals surface area contributed by atoms with Gasteiger partial charge in [-0.3, -0.25) is 24.5 Å². The number of non-ortho nitro benzene ring substituents is 1. The van der Waals surface area contributed by atoms with Crippen molar-refractivity contribution in [2.75, 3.05) is 6.61 Å². The van der Waals surface area contributed by atoms with Gasteiger partial charge in [0, 0.05) is 35.1 Å². The Morgan fingerprint density at radius 3 is 2.62 bits per heavy atom. The molecular formula is C17H17N3O8S. The number of benzene rings is 1. The van der Waals surface area contributed by atoms with Crippen molar-refractivity contribution in [1.29, 1.82) is 0 Å². The van der Waals surface area contributed by atoms with Gasteiger partial charge in [-0.2, -0.15) is 0 Å². The van der Waals surface area contributed by atoms with E-state index in [2.05, 4.69) is 4.98 Å². The van der Waals surface area contributed by atoms with Crippen molar-refractivity contribution in [2.24, 2.45) is 0 Å². The smallest absolute Gasteiger partial charge is 0.330 e. The summed E-state index contributed by atoms with van der Waals surface area (Å²) in [6, 6.07) is 5.11. The molecule has 1 aromatic heterocycles. The molecule has 1 aliphatic rings. The molecule has 0 amide bonds. The molecule has 0 radical (unpaired) electrons. The Hall–Kier alpha value is -2.93. The first-order valence-corrected chi connectivity index (χ1v) is 9.64. The minimum Gasteiger partial charge on any atom is -0.394 e. The van der Waals surface area contributed by atoms with E-state index in [1.807, 2.05) is 0 Å². The van der Waals surface area contributed by atoms with Crippen molar-refractivity contribution in [3.05, 3.63) is 72.4 Å². The number of nitrogens with zero attached hydrogens (tertiary/aromatic N) is 2. The summed E-state index contributed by atoms with van der Waals surface area (Å²) in [5.41, 5.74) is -1.58. The molecule has 0 spiro atoms. The van der Waals surface area contributed by atoms with E-state index in [-0.39, 0.29) is 17.7 Å². The third kappa shape index (κ3) is 4.56. The number of aromatic amines is 1. The van der Waals surface area contributed by atoms with Gasteiger partial charge in [0.25, 0.3) is 11.2 Å². The van der Waals surface area contributed by atoms with Gasteiger partial charge < -0.3 is 14.9 Å². The van der Waals surface area contributed by atoms with Gasteiger partial charge in [0.1, 0.15) is 12.3 Å². The highest BCUT2D eigenvalue weighted by molar-refractivity contribution is 7.88. The lowest BCUT2D eigenvalue weighted by Crippen LogP contribution is -2.33. The molecule has 1 aromatic carbocycles. The van der Waals surface area contributed by atoms with Crippen molar-refractivity contribution in [3.63, 3.8) is 0 Å². The Labute approximate surface area is 165 Å². The average molecular weight is 423 g/mol. The Kier molecular flexibility index (Phi) is 6.17. The van der Waals surface area contributed by atoms with Crippen molar-refractivity contribution in [2.45, 2.75) is 29.8 Å². The molecule has 0 bridgehead atoms. The van der Waals surface area contributed by atoms with Crippen LogP contribution >= 0.6 is 0 Å². The Balaban J connectivity index is 1.83. The summed E-state index contributed by atoms with van der Waals surface area (Å²) in [6.45, 7) is -0.420. The second-order valence-electron chi connectivity index (χ2n) is 6.22. The fourth-order valence-electron chi connectivity index (χ4n) is 2.80. The minimum atomic E-state index is -1.69. The summed E-state index contributed by atoms with van der Waals surface area (Å²) in [7, 11) is -1.69. The molecular weight excluding hydrogens is 406 g/mol. The van der Waals surface area contributed by atoms with Crippen molar-refractivity contribution < 1.29 is 24.1 Å². The SMILES string of the molecule is O=c1[nH]c(=O)n([C@H]2C[C@H](O)[C@@H](CO)O2)cc1/C=C/[S@](=O)c1ccc([N+](=O)[O-])cc1. The molecule has 12 heteroatoms. The zero-order valence-corrected chi connectivity index (χ0v) is 15.7. The highest BCUT2D eigenvalue weighted by Crippen LogP contribution is 2.27. The number of aliphatic hydroxyl groups is 2. The largest absolute Gasteiger partial charge is 0.394 e. The highest BCUT2D eigenvalue weighted by atomic mass is 32.2. The first kappa shape index (κ1) is 20.8. The third-order valence-corrected chi connectivity index (χ3v) is 5.46. The number of nitro groups is 1. The van der Waals surface area contributed by atoms with Gasteiger partial charge in [0.05, 0.1) is 34.0 Å². The van der Waals surface area contributed by atoms with E-state index < -0.39 is 52.0 Å². The van der Waals surface area contributed by atoms with E-state index in [0.29, 0.717) is 4.90 Å². The maximum atomic E-state index is 12.3. The van der Waals surface area contributed by atoms with Crippen LogP contribution in [0.15, 0.2) is 50.4 Å². The molecule has 29 heavy (non-hydrogen) atoms. The van der Waals surface area contributed by atoms with E-state index in [4.69, 9.17) is 9.84 Å². The monoisotopic (exact) mass is 423 g/mol. The van der Waals surface area contributed by atoms with Gasteiger partial charge in [-0.1, -0.05) is 0 Å². The Morgan fingerprint density at radius 2 is 2.03 bits per heavy atom. The summed E-state index contributed by atoms with van der Waals surface area (Å²) < 4.78 is 18.8. The third-order valence-electron chi connectivity index (χ3n) is 4.34. The normalized spacial score (nSPS) is 22.8. The second kappa shape index (κ2) is 8.61. The molecule has 1 aliphatic heterocycles. The van der Waals surface area contributed by atoms with Crippen LogP contribution in [0.5, 0.6) is 0 Å². The lowest BCUT2D eigenvalue weighted by Gasteiger charge is -2.14. The second-order valence-corrected chi connectivity index (χ2v) is 7.56. The quantitative estimate of drug-likeness (QED) is 0.427. The zero-order chi connectivity index (χ0) is 21.1. The summed E-state index contributed by atoms with van der Waals surface area (Å²) in [6.07, 6.45) is -0.165.